The van der Waals surface area contributed by atoms with Gasteiger partial charge >= 0.3 is 0 Å². The van der Waals surface area contributed by atoms with Gasteiger partial charge in [0.25, 0.3) is 0 Å². The number of carbonyl (C=O) groups excluding carboxylic acids is 1. The highest BCUT2D eigenvalue weighted by Gasteiger charge is 2.15. The van der Waals surface area contributed by atoms with E-state index in [4.69, 9.17) is 11.6 Å². The molecule has 7 nitrogen and oxygen atoms in total. The maximum Gasteiger partial charge on any atom is 0.239 e. The van der Waals surface area contributed by atoms with E-state index in [1.807, 2.05) is 13.8 Å². The zero-order valence-corrected chi connectivity index (χ0v) is 12.9. The third kappa shape index (κ3) is 5.16. The molecule has 1 rings (SSSR count). The van der Waals surface area contributed by atoms with Crippen molar-refractivity contribution in [2.24, 2.45) is 0 Å². The molecular weight excluding hydrogens is 280 g/mol. The molecule has 112 valence electrons. The van der Waals surface area contributed by atoms with Crippen LogP contribution in [0, 0.1) is 0 Å². The first-order chi connectivity index (χ1) is 9.60. The van der Waals surface area contributed by atoms with E-state index >= 15 is 0 Å². The molecule has 1 aromatic heterocycles. The lowest BCUT2D eigenvalue weighted by atomic mass is 10.4. The van der Waals surface area contributed by atoms with Gasteiger partial charge in [0.1, 0.15) is 0 Å². The van der Waals surface area contributed by atoms with Crippen molar-refractivity contribution in [2.45, 2.75) is 26.7 Å². The standard InChI is InChI=1S/C12H21ClN6O/c1-4-6-15-11-16-10(13)17-12(18-11)19(7-5-2)8-9(20)14-3/h4-8H2,1-3H3,(H,14,20)(H,15,16,17,18). The van der Waals surface area contributed by atoms with Crippen molar-refractivity contribution >= 4 is 29.4 Å². The summed E-state index contributed by atoms with van der Waals surface area (Å²) in [6, 6.07) is 0. The summed E-state index contributed by atoms with van der Waals surface area (Å²) in [7, 11) is 1.60. The SMILES string of the molecule is CCCNc1nc(Cl)nc(N(CCC)CC(=O)NC)n1. The molecule has 0 fully saturated rings. The molecule has 0 unspecified atom stereocenters. The Morgan fingerprint density at radius 1 is 1.25 bits per heavy atom. The number of aromatic nitrogens is 3. The zero-order chi connectivity index (χ0) is 15.0. The highest BCUT2D eigenvalue weighted by molar-refractivity contribution is 6.28. The van der Waals surface area contributed by atoms with Gasteiger partial charge in [-0.25, -0.2) is 0 Å². The number of halogens is 1. The second-order valence-electron chi connectivity index (χ2n) is 4.25. The van der Waals surface area contributed by atoms with Crippen molar-refractivity contribution in [2.75, 3.05) is 36.9 Å². The van der Waals surface area contributed by atoms with Crippen LogP contribution in [-0.4, -0.2) is 47.5 Å². The molecule has 1 amide bonds. The second kappa shape index (κ2) is 8.52. The largest absolute Gasteiger partial charge is 0.358 e. The Hall–Kier alpha value is -1.63. The van der Waals surface area contributed by atoms with Crippen LogP contribution >= 0.6 is 11.6 Å². The van der Waals surface area contributed by atoms with Gasteiger partial charge in [-0.05, 0) is 24.4 Å². The summed E-state index contributed by atoms with van der Waals surface area (Å²) in [5.74, 6) is 0.743. The average molecular weight is 301 g/mol. The minimum atomic E-state index is -0.0990. The van der Waals surface area contributed by atoms with Crippen molar-refractivity contribution in [1.29, 1.82) is 0 Å². The van der Waals surface area contributed by atoms with E-state index < -0.39 is 0 Å². The minimum absolute atomic E-state index is 0.0990. The average Bonchev–Trinajstić information content (AvgIpc) is 2.43. The molecule has 0 spiro atoms. The first kappa shape index (κ1) is 16.4. The van der Waals surface area contributed by atoms with Crippen LogP contribution in [0.2, 0.25) is 5.28 Å². The molecule has 0 aliphatic carbocycles. The summed E-state index contributed by atoms with van der Waals surface area (Å²) < 4.78 is 0. The Balaban J connectivity index is 2.93. The van der Waals surface area contributed by atoms with Gasteiger partial charge in [-0.1, -0.05) is 13.8 Å². The molecular formula is C12H21ClN6O. The first-order valence-corrected chi connectivity index (χ1v) is 7.09. The van der Waals surface area contributed by atoms with Gasteiger partial charge in [0, 0.05) is 20.1 Å². The molecule has 0 saturated carbocycles. The molecule has 1 heterocycles. The Morgan fingerprint density at radius 3 is 2.60 bits per heavy atom. The molecule has 0 aliphatic rings. The van der Waals surface area contributed by atoms with Crippen LogP contribution < -0.4 is 15.5 Å². The summed E-state index contributed by atoms with van der Waals surface area (Å²) in [6.45, 7) is 5.68. The van der Waals surface area contributed by atoms with Crippen LogP contribution in [0.5, 0.6) is 0 Å². The van der Waals surface area contributed by atoms with Crippen molar-refractivity contribution in [3.8, 4) is 0 Å². The lowest BCUT2D eigenvalue weighted by Gasteiger charge is -2.21. The van der Waals surface area contributed by atoms with E-state index in [0.717, 1.165) is 19.4 Å². The summed E-state index contributed by atoms with van der Waals surface area (Å²) in [5.41, 5.74) is 0. The summed E-state index contributed by atoms with van der Waals surface area (Å²) in [5, 5.41) is 5.77. The Kier molecular flexibility index (Phi) is 7.00. The quantitative estimate of drug-likeness (QED) is 0.753. The number of nitrogens with zero attached hydrogens (tertiary/aromatic N) is 4. The summed E-state index contributed by atoms with van der Waals surface area (Å²) in [6.07, 6.45) is 1.83. The monoisotopic (exact) mass is 300 g/mol. The third-order valence-electron chi connectivity index (χ3n) is 2.52. The van der Waals surface area contributed by atoms with E-state index in [9.17, 15) is 4.79 Å². The number of rotatable bonds is 8. The fourth-order valence-corrected chi connectivity index (χ4v) is 1.72. The lowest BCUT2D eigenvalue weighted by molar-refractivity contribution is -0.119. The van der Waals surface area contributed by atoms with Crippen LogP contribution in [0.1, 0.15) is 26.7 Å². The van der Waals surface area contributed by atoms with Crippen molar-refractivity contribution in [3.05, 3.63) is 5.28 Å². The van der Waals surface area contributed by atoms with Gasteiger partial charge in [0.15, 0.2) is 0 Å². The molecule has 1 aromatic rings. The smallest absolute Gasteiger partial charge is 0.239 e. The van der Waals surface area contributed by atoms with E-state index in [-0.39, 0.29) is 17.7 Å². The number of carbonyl (C=O) groups is 1. The molecule has 0 aliphatic heterocycles. The topological polar surface area (TPSA) is 83.0 Å². The number of likely N-dealkylation sites (N-methyl/N-ethyl adjacent to an activating group) is 1. The van der Waals surface area contributed by atoms with Gasteiger partial charge in [-0.2, -0.15) is 15.0 Å². The third-order valence-corrected chi connectivity index (χ3v) is 2.69. The van der Waals surface area contributed by atoms with Gasteiger partial charge in [0.2, 0.25) is 23.1 Å². The molecule has 20 heavy (non-hydrogen) atoms. The Morgan fingerprint density at radius 2 is 2.00 bits per heavy atom. The molecule has 0 saturated heterocycles. The van der Waals surface area contributed by atoms with Gasteiger partial charge in [-0.15, -0.1) is 0 Å². The normalized spacial score (nSPS) is 10.2. The van der Waals surface area contributed by atoms with E-state index in [2.05, 4.69) is 25.6 Å². The van der Waals surface area contributed by atoms with Crippen LogP contribution in [-0.2, 0) is 4.79 Å². The van der Waals surface area contributed by atoms with Gasteiger partial charge in [0.05, 0.1) is 6.54 Å². The number of amides is 1. The van der Waals surface area contributed by atoms with E-state index in [0.29, 0.717) is 18.4 Å². The maximum atomic E-state index is 11.5. The fourth-order valence-electron chi connectivity index (χ4n) is 1.57. The molecule has 2 N–H and O–H groups in total. The Labute approximate surface area is 124 Å². The molecule has 0 bridgehead atoms. The number of nitrogens with one attached hydrogen (secondary N) is 2. The van der Waals surface area contributed by atoms with E-state index in [1.54, 1.807) is 11.9 Å². The van der Waals surface area contributed by atoms with Crippen LogP contribution in [0.15, 0.2) is 0 Å². The molecule has 0 atom stereocenters. The van der Waals surface area contributed by atoms with Crippen LogP contribution in [0.3, 0.4) is 0 Å². The lowest BCUT2D eigenvalue weighted by Crippen LogP contribution is -2.37. The van der Waals surface area contributed by atoms with Crippen LogP contribution in [0.4, 0.5) is 11.9 Å². The van der Waals surface area contributed by atoms with Gasteiger partial charge in [-0.3, -0.25) is 4.79 Å². The van der Waals surface area contributed by atoms with Crippen LogP contribution in [0.25, 0.3) is 0 Å². The number of hydrogen-bond donors (Lipinski definition) is 2. The van der Waals surface area contributed by atoms with E-state index in [1.165, 1.54) is 0 Å². The molecule has 0 radical (unpaired) electrons. The fraction of sp³-hybridized carbons (Fsp3) is 0.667. The number of anilines is 2. The summed E-state index contributed by atoms with van der Waals surface area (Å²) >= 11 is 5.91. The van der Waals surface area contributed by atoms with Crippen molar-refractivity contribution < 1.29 is 4.79 Å². The number of hydrogen-bond acceptors (Lipinski definition) is 6. The Bertz CT molecular complexity index is 442. The first-order valence-electron chi connectivity index (χ1n) is 6.71. The minimum Gasteiger partial charge on any atom is -0.358 e. The predicted molar refractivity (Wildman–Crippen MR) is 80.2 cm³/mol. The molecule has 8 heteroatoms. The van der Waals surface area contributed by atoms with Gasteiger partial charge < -0.3 is 15.5 Å². The maximum absolute atomic E-state index is 11.5. The highest BCUT2D eigenvalue weighted by atomic mass is 35.5. The predicted octanol–water partition coefficient (Wildman–Crippen LogP) is 1.31. The second-order valence-corrected chi connectivity index (χ2v) is 4.59. The highest BCUT2D eigenvalue weighted by Crippen LogP contribution is 2.14. The summed E-state index contributed by atoms with van der Waals surface area (Å²) in [4.78, 5) is 25.7. The molecule has 0 aromatic carbocycles. The zero-order valence-electron chi connectivity index (χ0n) is 12.1. The van der Waals surface area contributed by atoms with Crippen molar-refractivity contribution in [3.63, 3.8) is 0 Å². The van der Waals surface area contributed by atoms with Crippen molar-refractivity contribution in [1.82, 2.24) is 20.3 Å².